The van der Waals surface area contributed by atoms with E-state index < -0.39 is 0 Å². The van der Waals surface area contributed by atoms with Crippen LogP contribution in [0, 0.1) is 5.92 Å². The van der Waals surface area contributed by atoms with Gasteiger partial charge in [-0.15, -0.1) is 0 Å². The number of morpholine rings is 1. The van der Waals surface area contributed by atoms with E-state index in [1.807, 2.05) is 6.07 Å². The van der Waals surface area contributed by atoms with Crippen molar-refractivity contribution in [3.63, 3.8) is 0 Å². The van der Waals surface area contributed by atoms with Gasteiger partial charge in [0.15, 0.2) is 0 Å². The van der Waals surface area contributed by atoms with E-state index in [4.69, 9.17) is 9.47 Å². The fourth-order valence-electron chi connectivity index (χ4n) is 3.84. The highest BCUT2D eigenvalue weighted by molar-refractivity contribution is 5.33. The minimum absolute atomic E-state index is 0.207. The molecule has 2 aliphatic rings. The van der Waals surface area contributed by atoms with Gasteiger partial charge in [-0.05, 0) is 38.7 Å². The van der Waals surface area contributed by atoms with Crippen LogP contribution in [-0.4, -0.2) is 37.9 Å². The Morgan fingerprint density at radius 2 is 2.17 bits per heavy atom. The third kappa shape index (κ3) is 4.46. The molecule has 0 bridgehead atoms. The summed E-state index contributed by atoms with van der Waals surface area (Å²) in [6.07, 6.45) is 4.07. The van der Waals surface area contributed by atoms with Crippen molar-refractivity contribution >= 4 is 0 Å². The van der Waals surface area contributed by atoms with Gasteiger partial charge in [-0.25, -0.2) is 0 Å². The molecule has 3 rings (SSSR count). The first-order chi connectivity index (χ1) is 11.2. The van der Waals surface area contributed by atoms with Crippen molar-refractivity contribution in [1.29, 1.82) is 0 Å². The van der Waals surface area contributed by atoms with Gasteiger partial charge >= 0.3 is 0 Å². The number of nitrogens with one attached hydrogen (secondary N) is 2. The van der Waals surface area contributed by atoms with Crippen LogP contribution >= 0.6 is 0 Å². The highest BCUT2D eigenvalue weighted by Crippen LogP contribution is 2.30. The molecule has 0 amide bonds. The van der Waals surface area contributed by atoms with Gasteiger partial charge in [0.25, 0.3) is 0 Å². The summed E-state index contributed by atoms with van der Waals surface area (Å²) in [5.74, 6) is 1.68. The zero-order chi connectivity index (χ0) is 16.1. The number of ether oxygens (including phenoxy) is 2. The predicted molar refractivity (Wildman–Crippen MR) is 92.8 cm³/mol. The van der Waals surface area contributed by atoms with Crippen molar-refractivity contribution in [1.82, 2.24) is 10.6 Å². The molecule has 1 aliphatic heterocycles. The van der Waals surface area contributed by atoms with E-state index in [-0.39, 0.29) is 6.10 Å². The number of rotatable bonds is 6. The van der Waals surface area contributed by atoms with Gasteiger partial charge in [-0.2, -0.15) is 0 Å². The van der Waals surface area contributed by atoms with Crippen molar-refractivity contribution in [3.8, 4) is 5.75 Å². The summed E-state index contributed by atoms with van der Waals surface area (Å²) in [5, 5.41) is 7.42. The quantitative estimate of drug-likeness (QED) is 0.846. The van der Waals surface area contributed by atoms with Crippen molar-refractivity contribution in [2.24, 2.45) is 5.92 Å². The summed E-state index contributed by atoms with van der Waals surface area (Å²) < 4.78 is 11.6. The van der Waals surface area contributed by atoms with E-state index >= 15 is 0 Å². The van der Waals surface area contributed by atoms with Gasteiger partial charge in [0.1, 0.15) is 5.75 Å². The SMILES string of the molecule is CC(C)Oc1ccccc1CNC1CCCC1C1COCCN1. The largest absolute Gasteiger partial charge is 0.491 e. The first-order valence-electron chi connectivity index (χ1n) is 9.03. The lowest BCUT2D eigenvalue weighted by molar-refractivity contribution is 0.0524. The number of hydrogen-bond acceptors (Lipinski definition) is 4. The first kappa shape index (κ1) is 16.7. The average molecular weight is 318 g/mol. The van der Waals surface area contributed by atoms with Gasteiger partial charge in [0.2, 0.25) is 0 Å². The molecular formula is C19H30N2O2. The van der Waals surface area contributed by atoms with Crippen LogP contribution in [0.1, 0.15) is 38.7 Å². The van der Waals surface area contributed by atoms with Crippen LogP contribution in [-0.2, 0) is 11.3 Å². The maximum atomic E-state index is 5.93. The molecule has 1 aromatic carbocycles. The molecule has 2 fully saturated rings. The smallest absolute Gasteiger partial charge is 0.124 e. The lowest BCUT2D eigenvalue weighted by atomic mass is 9.94. The van der Waals surface area contributed by atoms with Crippen LogP contribution in [0.25, 0.3) is 0 Å². The topological polar surface area (TPSA) is 42.5 Å². The molecule has 1 aliphatic carbocycles. The monoisotopic (exact) mass is 318 g/mol. The maximum Gasteiger partial charge on any atom is 0.124 e. The molecule has 2 N–H and O–H groups in total. The minimum Gasteiger partial charge on any atom is -0.491 e. The van der Waals surface area contributed by atoms with Crippen molar-refractivity contribution < 1.29 is 9.47 Å². The van der Waals surface area contributed by atoms with Gasteiger partial charge in [-0.3, -0.25) is 0 Å². The fraction of sp³-hybridized carbons (Fsp3) is 0.684. The van der Waals surface area contributed by atoms with Crippen LogP contribution in [0.2, 0.25) is 0 Å². The molecule has 1 saturated carbocycles. The zero-order valence-electron chi connectivity index (χ0n) is 14.4. The molecule has 3 atom stereocenters. The van der Waals surface area contributed by atoms with Gasteiger partial charge in [0.05, 0.1) is 19.3 Å². The van der Waals surface area contributed by atoms with Crippen molar-refractivity contribution in [2.75, 3.05) is 19.8 Å². The van der Waals surface area contributed by atoms with Crippen LogP contribution in [0.15, 0.2) is 24.3 Å². The van der Waals surface area contributed by atoms with E-state index in [0.717, 1.165) is 32.1 Å². The Kier molecular flexibility index (Phi) is 5.92. The Morgan fingerprint density at radius 3 is 2.96 bits per heavy atom. The average Bonchev–Trinajstić information content (AvgIpc) is 3.03. The number of para-hydroxylation sites is 1. The summed E-state index contributed by atoms with van der Waals surface area (Å²) >= 11 is 0. The second-order valence-electron chi connectivity index (χ2n) is 6.99. The molecule has 4 heteroatoms. The van der Waals surface area contributed by atoms with Crippen LogP contribution in [0.5, 0.6) is 5.75 Å². The van der Waals surface area contributed by atoms with E-state index in [9.17, 15) is 0 Å². The molecule has 128 valence electrons. The Balaban J connectivity index is 1.59. The molecule has 3 unspecified atom stereocenters. The van der Waals surface area contributed by atoms with Crippen LogP contribution < -0.4 is 15.4 Å². The molecule has 0 spiro atoms. The second kappa shape index (κ2) is 8.13. The Morgan fingerprint density at radius 1 is 1.30 bits per heavy atom. The summed E-state index contributed by atoms with van der Waals surface area (Å²) in [7, 11) is 0. The standard InChI is InChI=1S/C19H30N2O2/c1-14(2)23-19-9-4-3-6-15(19)12-21-17-8-5-7-16(17)18-13-22-11-10-20-18/h3-4,6,9,14,16-18,20-21H,5,7-8,10-13H2,1-2H3. The highest BCUT2D eigenvalue weighted by Gasteiger charge is 2.34. The Bertz CT molecular complexity index is 486. The third-order valence-corrected chi connectivity index (χ3v) is 4.93. The second-order valence-corrected chi connectivity index (χ2v) is 6.99. The zero-order valence-corrected chi connectivity index (χ0v) is 14.4. The predicted octanol–water partition coefficient (Wildman–Crippen LogP) is 2.72. The van der Waals surface area contributed by atoms with Gasteiger partial charge in [0, 0.05) is 30.7 Å². The molecule has 1 aromatic rings. The summed E-state index contributed by atoms with van der Waals surface area (Å²) in [6, 6.07) is 9.44. The van der Waals surface area contributed by atoms with Crippen LogP contribution in [0.3, 0.4) is 0 Å². The van der Waals surface area contributed by atoms with E-state index in [1.54, 1.807) is 0 Å². The lowest BCUT2D eigenvalue weighted by Gasteiger charge is -2.33. The maximum absolute atomic E-state index is 5.93. The lowest BCUT2D eigenvalue weighted by Crippen LogP contribution is -2.50. The van der Waals surface area contributed by atoms with Crippen LogP contribution in [0.4, 0.5) is 0 Å². The van der Waals surface area contributed by atoms with E-state index in [1.165, 1.54) is 24.8 Å². The molecule has 1 saturated heterocycles. The number of hydrogen-bond donors (Lipinski definition) is 2. The third-order valence-electron chi connectivity index (χ3n) is 4.93. The minimum atomic E-state index is 0.207. The Labute approximate surface area is 139 Å². The first-order valence-corrected chi connectivity index (χ1v) is 9.03. The summed E-state index contributed by atoms with van der Waals surface area (Å²) in [4.78, 5) is 0. The molecule has 0 aromatic heterocycles. The summed E-state index contributed by atoms with van der Waals surface area (Å²) in [5.41, 5.74) is 1.25. The van der Waals surface area contributed by atoms with E-state index in [2.05, 4.69) is 42.7 Å². The molecule has 0 radical (unpaired) electrons. The number of benzene rings is 1. The van der Waals surface area contributed by atoms with Gasteiger partial charge in [-0.1, -0.05) is 24.6 Å². The molecule has 1 heterocycles. The van der Waals surface area contributed by atoms with Gasteiger partial charge < -0.3 is 20.1 Å². The summed E-state index contributed by atoms with van der Waals surface area (Å²) in [6.45, 7) is 7.71. The molecular weight excluding hydrogens is 288 g/mol. The Hall–Kier alpha value is -1.10. The molecule has 4 nitrogen and oxygen atoms in total. The van der Waals surface area contributed by atoms with Crippen molar-refractivity contribution in [2.45, 2.75) is 57.8 Å². The highest BCUT2D eigenvalue weighted by atomic mass is 16.5. The normalized spacial score (nSPS) is 28.2. The van der Waals surface area contributed by atoms with E-state index in [0.29, 0.717) is 18.0 Å². The molecule has 23 heavy (non-hydrogen) atoms. The fourth-order valence-corrected chi connectivity index (χ4v) is 3.84. The van der Waals surface area contributed by atoms with Crippen molar-refractivity contribution in [3.05, 3.63) is 29.8 Å².